The van der Waals surface area contributed by atoms with Gasteiger partial charge in [0.25, 0.3) is 0 Å². The lowest BCUT2D eigenvalue weighted by atomic mass is 10.1. The van der Waals surface area contributed by atoms with Gasteiger partial charge in [0.15, 0.2) is 6.29 Å². The molecule has 2 nitrogen and oxygen atoms in total. The molecule has 0 saturated heterocycles. The third-order valence-electron chi connectivity index (χ3n) is 2.04. The van der Waals surface area contributed by atoms with E-state index in [1.54, 1.807) is 12.1 Å². The van der Waals surface area contributed by atoms with E-state index in [-0.39, 0.29) is 0 Å². The zero-order valence-corrected chi connectivity index (χ0v) is 10.5. The second kappa shape index (κ2) is 5.75. The monoisotopic (exact) mass is 236 g/mol. The van der Waals surface area contributed by atoms with Crippen molar-refractivity contribution in [3.05, 3.63) is 35.9 Å². The molecule has 0 saturated carbocycles. The molecule has 0 radical (unpaired) electrons. The van der Waals surface area contributed by atoms with E-state index in [4.69, 9.17) is 4.74 Å². The maximum atomic E-state index is 10.9. The van der Waals surface area contributed by atoms with E-state index >= 15 is 0 Å². The SMILES string of the molecule is C=C(S)c1ccc(OCC(C)C)c(C=O)c1. The van der Waals surface area contributed by atoms with Crippen LogP contribution in [-0.2, 0) is 0 Å². The number of ether oxygens (including phenoxy) is 1. The van der Waals surface area contributed by atoms with Gasteiger partial charge >= 0.3 is 0 Å². The molecule has 0 aliphatic heterocycles. The first-order chi connectivity index (χ1) is 7.54. The number of aldehydes is 1. The van der Waals surface area contributed by atoms with E-state index in [0.717, 1.165) is 11.8 Å². The highest BCUT2D eigenvalue weighted by Crippen LogP contribution is 2.24. The van der Waals surface area contributed by atoms with Crippen molar-refractivity contribution in [2.24, 2.45) is 5.92 Å². The first kappa shape index (κ1) is 12.8. The Hall–Kier alpha value is -1.22. The van der Waals surface area contributed by atoms with Crippen LogP contribution in [0.25, 0.3) is 4.91 Å². The van der Waals surface area contributed by atoms with Crippen LogP contribution >= 0.6 is 12.6 Å². The number of hydrogen-bond acceptors (Lipinski definition) is 3. The summed E-state index contributed by atoms with van der Waals surface area (Å²) < 4.78 is 5.54. The third-order valence-corrected chi connectivity index (χ3v) is 2.30. The number of carbonyl (C=O) groups is 1. The van der Waals surface area contributed by atoms with Crippen LogP contribution in [0.5, 0.6) is 5.75 Å². The summed E-state index contributed by atoms with van der Waals surface area (Å²) in [5.74, 6) is 1.04. The first-order valence-electron chi connectivity index (χ1n) is 5.15. The second-order valence-corrected chi connectivity index (χ2v) is 4.56. The zero-order valence-electron chi connectivity index (χ0n) is 9.56. The molecule has 0 N–H and O–H groups in total. The van der Waals surface area contributed by atoms with Gasteiger partial charge in [-0.2, -0.15) is 0 Å². The van der Waals surface area contributed by atoms with Crippen molar-refractivity contribution in [2.45, 2.75) is 13.8 Å². The average molecular weight is 236 g/mol. The molecule has 0 aliphatic carbocycles. The van der Waals surface area contributed by atoms with Crippen LogP contribution in [-0.4, -0.2) is 12.9 Å². The fraction of sp³-hybridized carbons (Fsp3) is 0.308. The molecule has 0 atom stereocenters. The summed E-state index contributed by atoms with van der Waals surface area (Å²) in [7, 11) is 0. The van der Waals surface area contributed by atoms with Crippen LogP contribution < -0.4 is 4.74 Å². The number of rotatable bonds is 5. The molecule has 0 fully saturated rings. The van der Waals surface area contributed by atoms with Crippen molar-refractivity contribution in [1.29, 1.82) is 0 Å². The molecule has 0 aromatic heterocycles. The average Bonchev–Trinajstić information content (AvgIpc) is 2.25. The topological polar surface area (TPSA) is 26.3 Å². The zero-order chi connectivity index (χ0) is 12.1. The molecule has 0 unspecified atom stereocenters. The predicted molar refractivity (Wildman–Crippen MR) is 70.2 cm³/mol. The minimum atomic E-state index is 0.430. The van der Waals surface area contributed by atoms with E-state index in [1.165, 1.54) is 0 Å². The molecule has 1 rings (SSSR count). The van der Waals surface area contributed by atoms with E-state index in [1.807, 2.05) is 6.07 Å². The summed E-state index contributed by atoms with van der Waals surface area (Å²) in [6.07, 6.45) is 0.788. The molecule has 0 amide bonds. The van der Waals surface area contributed by atoms with Gasteiger partial charge in [-0.05, 0) is 23.6 Å². The van der Waals surface area contributed by atoms with Crippen LogP contribution in [0.3, 0.4) is 0 Å². The summed E-state index contributed by atoms with van der Waals surface area (Å²) in [4.78, 5) is 11.5. The minimum absolute atomic E-state index is 0.430. The summed E-state index contributed by atoms with van der Waals surface area (Å²) in [5, 5.41) is 0. The third kappa shape index (κ3) is 3.42. The van der Waals surface area contributed by atoms with Crippen molar-refractivity contribution in [2.75, 3.05) is 6.61 Å². The number of thiol groups is 1. The Morgan fingerprint density at radius 3 is 2.75 bits per heavy atom. The first-order valence-corrected chi connectivity index (χ1v) is 5.59. The molecule has 0 aliphatic rings. The molecule has 1 aromatic rings. The lowest BCUT2D eigenvalue weighted by Crippen LogP contribution is -2.06. The van der Waals surface area contributed by atoms with Gasteiger partial charge in [0.1, 0.15) is 5.75 Å². The van der Waals surface area contributed by atoms with Gasteiger partial charge in [-0.3, -0.25) is 4.79 Å². The summed E-state index contributed by atoms with van der Waals surface area (Å²) in [6, 6.07) is 5.36. The van der Waals surface area contributed by atoms with Crippen LogP contribution in [0.4, 0.5) is 0 Å². The molecule has 0 bridgehead atoms. The standard InChI is InChI=1S/C13H16O2S/c1-9(2)8-15-13-5-4-11(10(3)16)6-12(13)7-14/h4-7,9,16H,3,8H2,1-2H3. The molecule has 16 heavy (non-hydrogen) atoms. The van der Waals surface area contributed by atoms with E-state index in [2.05, 4.69) is 33.1 Å². The second-order valence-electron chi connectivity index (χ2n) is 4.02. The number of hydrogen-bond donors (Lipinski definition) is 1. The quantitative estimate of drug-likeness (QED) is 0.626. The van der Waals surface area contributed by atoms with Gasteiger partial charge in [-0.1, -0.05) is 26.5 Å². The van der Waals surface area contributed by atoms with Gasteiger partial charge in [0, 0.05) is 4.91 Å². The summed E-state index contributed by atoms with van der Waals surface area (Å²) in [6.45, 7) is 8.43. The van der Waals surface area contributed by atoms with Crippen molar-refractivity contribution in [3.63, 3.8) is 0 Å². The van der Waals surface area contributed by atoms with Gasteiger partial charge < -0.3 is 4.74 Å². The highest BCUT2D eigenvalue weighted by molar-refractivity contribution is 7.90. The van der Waals surface area contributed by atoms with E-state index < -0.39 is 0 Å². The van der Waals surface area contributed by atoms with Gasteiger partial charge in [-0.25, -0.2) is 0 Å². The minimum Gasteiger partial charge on any atom is -0.493 e. The fourth-order valence-corrected chi connectivity index (χ4v) is 1.35. The lowest BCUT2D eigenvalue weighted by Gasteiger charge is -2.11. The van der Waals surface area contributed by atoms with Crippen molar-refractivity contribution in [1.82, 2.24) is 0 Å². The Labute approximate surface area is 102 Å². The van der Waals surface area contributed by atoms with Crippen molar-refractivity contribution in [3.8, 4) is 5.75 Å². The van der Waals surface area contributed by atoms with Crippen molar-refractivity contribution >= 4 is 23.8 Å². The molecule has 3 heteroatoms. The Balaban J connectivity index is 2.93. The fourth-order valence-electron chi connectivity index (χ4n) is 1.21. The van der Waals surface area contributed by atoms with Crippen LogP contribution in [0.15, 0.2) is 24.8 Å². The van der Waals surface area contributed by atoms with Crippen LogP contribution in [0.1, 0.15) is 29.8 Å². The number of benzene rings is 1. The summed E-state index contributed by atoms with van der Waals surface area (Å²) >= 11 is 4.14. The van der Waals surface area contributed by atoms with Gasteiger partial charge in [-0.15, -0.1) is 12.6 Å². The number of carbonyl (C=O) groups excluding carboxylic acids is 1. The van der Waals surface area contributed by atoms with Crippen LogP contribution in [0, 0.1) is 5.92 Å². The summed E-state index contributed by atoms with van der Waals surface area (Å²) in [5.41, 5.74) is 1.37. The molecule has 0 spiro atoms. The molecule has 86 valence electrons. The highest BCUT2D eigenvalue weighted by atomic mass is 32.1. The maximum Gasteiger partial charge on any atom is 0.153 e. The molecule has 1 aromatic carbocycles. The largest absolute Gasteiger partial charge is 0.493 e. The lowest BCUT2D eigenvalue weighted by molar-refractivity contribution is 0.111. The van der Waals surface area contributed by atoms with E-state index in [9.17, 15) is 4.79 Å². The Bertz CT molecular complexity index is 397. The van der Waals surface area contributed by atoms with Crippen molar-refractivity contribution < 1.29 is 9.53 Å². The highest BCUT2D eigenvalue weighted by Gasteiger charge is 2.06. The van der Waals surface area contributed by atoms with Crippen LogP contribution in [0.2, 0.25) is 0 Å². The van der Waals surface area contributed by atoms with E-state index in [0.29, 0.717) is 28.7 Å². The molecular weight excluding hydrogens is 220 g/mol. The predicted octanol–water partition coefficient (Wildman–Crippen LogP) is 3.43. The molecular formula is C13H16O2S. The Morgan fingerprint density at radius 2 is 2.25 bits per heavy atom. The van der Waals surface area contributed by atoms with Gasteiger partial charge in [0.05, 0.1) is 12.2 Å². The Kier molecular flexibility index (Phi) is 4.62. The smallest absolute Gasteiger partial charge is 0.153 e. The normalized spacial score (nSPS) is 10.2. The van der Waals surface area contributed by atoms with Gasteiger partial charge in [0.2, 0.25) is 0 Å². The maximum absolute atomic E-state index is 10.9. The molecule has 0 heterocycles. The Morgan fingerprint density at radius 1 is 1.56 bits per heavy atom.